The van der Waals surface area contributed by atoms with Gasteiger partial charge >= 0.3 is 0 Å². The van der Waals surface area contributed by atoms with Crippen LogP contribution in [-0.4, -0.2) is 50.0 Å². The smallest absolute Gasteiger partial charge is 0.161 e. The molecule has 1 saturated heterocycles. The van der Waals surface area contributed by atoms with Crippen molar-refractivity contribution in [3.8, 4) is 17.6 Å². The second-order valence-corrected chi connectivity index (χ2v) is 9.03. The first-order chi connectivity index (χ1) is 16.7. The maximum Gasteiger partial charge on any atom is 0.161 e. The van der Waals surface area contributed by atoms with E-state index in [0.29, 0.717) is 36.6 Å². The summed E-state index contributed by atoms with van der Waals surface area (Å²) < 4.78 is 17.1. The number of fused-ring (bicyclic) bond motifs is 1. The van der Waals surface area contributed by atoms with E-state index in [-0.39, 0.29) is 0 Å². The van der Waals surface area contributed by atoms with Crippen LogP contribution in [0.2, 0.25) is 0 Å². The molecule has 1 aromatic heterocycles. The molecule has 3 aromatic rings. The summed E-state index contributed by atoms with van der Waals surface area (Å²) in [6.45, 7) is 3.64. The predicted octanol–water partition coefficient (Wildman–Crippen LogP) is 4.51. The van der Waals surface area contributed by atoms with E-state index >= 15 is 0 Å². The summed E-state index contributed by atoms with van der Waals surface area (Å²) in [7, 11) is 1.67. The highest BCUT2D eigenvalue weighted by atomic mass is 16.5. The van der Waals surface area contributed by atoms with Crippen molar-refractivity contribution in [2.45, 2.75) is 32.1 Å². The van der Waals surface area contributed by atoms with Crippen LogP contribution in [0.15, 0.2) is 36.5 Å². The third-order valence-corrected chi connectivity index (χ3v) is 6.81. The van der Waals surface area contributed by atoms with Crippen molar-refractivity contribution in [3.05, 3.63) is 53.2 Å². The molecule has 1 saturated carbocycles. The van der Waals surface area contributed by atoms with E-state index in [0.717, 1.165) is 53.7 Å². The molecule has 5 rings (SSSR count). The summed E-state index contributed by atoms with van der Waals surface area (Å²) in [5.74, 6) is 2.93. The van der Waals surface area contributed by atoms with E-state index in [1.165, 1.54) is 25.7 Å². The van der Waals surface area contributed by atoms with Crippen LogP contribution in [0.3, 0.4) is 0 Å². The van der Waals surface area contributed by atoms with Gasteiger partial charge in [-0.15, -0.1) is 0 Å². The summed E-state index contributed by atoms with van der Waals surface area (Å²) in [6, 6.07) is 12.3. The SMILES string of the molecule is COc1cc(Cc2ccc3ncc(N4CCOCC4)nc3c2C#N)ccc1OCC1CCCC1. The molecule has 0 radical (unpaired) electrons. The van der Waals surface area contributed by atoms with Gasteiger partial charge < -0.3 is 19.1 Å². The van der Waals surface area contributed by atoms with Crippen LogP contribution in [0, 0.1) is 17.2 Å². The Labute approximate surface area is 200 Å². The van der Waals surface area contributed by atoms with Crippen molar-refractivity contribution in [1.82, 2.24) is 9.97 Å². The van der Waals surface area contributed by atoms with Crippen LogP contribution < -0.4 is 14.4 Å². The lowest BCUT2D eigenvalue weighted by Crippen LogP contribution is -2.36. The van der Waals surface area contributed by atoms with Crippen LogP contribution >= 0.6 is 0 Å². The maximum atomic E-state index is 10.0. The monoisotopic (exact) mass is 458 g/mol. The molecule has 7 heteroatoms. The van der Waals surface area contributed by atoms with Crippen molar-refractivity contribution in [3.63, 3.8) is 0 Å². The minimum atomic E-state index is 0.570. The molecule has 0 bridgehead atoms. The average molecular weight is 459 g/mol. The van der Waals surface area contributed by atoms with E-state index in [1.807, 2.05) is 30.3 Å². The van der Waals surface area contributed by atoms with E-state index in [4.69, 9.17) is 19.2 Å². The quantitative estimate of drug-likeness (QED) is 0.515. The van der Waals surface area contributed by atoms with Crippen LogP contribution in [0.5, 0.6) is 11.5 Å². The average Bonchev–Trinajstić information content (AvgIpc) is 3.41. The maximum absolute atomic E-state index is 10.0. The number of ether oxygens (including phenoxy) is 3. The molecular formula is C27H30N4O3. The molecule has 176 valence electrons. The molecular weight excluding hydrogens is 428 g/mol. The molecule has 2 aliphatic rings. The van der Waals surface area contributed by atoms with Gasteiger partial charge in [0.05, 0.1) is 44.2 Å². The number of hydrogen-bond donors (Lipinski definition) is 0. The standard InChI is InChI=1S/C27H30N4O3/c1-32-25-15-20(6-9-24(25)34-18-19-4-2-3-5-19)14-21-7-8-23-27(22(21)16-28)30-26(17-29-23)31-10-12-33-13-11-31/h6-9,15,17,19H,2-5,10-14,18H2,1H3. The Bertz CT molecular complexity index is 1190. The number of hydrogen-bond acceptors (Lipinski definition) is 7. The zero-order chi connectivity index (χ0) is 23.3. The van der Waals surface area contributed by atoms with E-state index in [1.54, 1.807) is 13.3 Å². The Balaban J connectivity index is 1.39. The Morgan fingerprint density at radius 2 is 1.94 bits per heavy atom. The molecule has 1 aliphatic heterocycles. The Kier molecular flexibility index (Phi) is 6.77. The molecule has 0 unspecified atom stereocenters. The normalized spacial score (nSPS) is 16.5. The van der Waals surface area contributed by atoms with Crippen molar-refractivity contribution in [2.75, 3.05) is 44.9 Å². The molecule has 0 N–H and O–H groups in total. The van der Waals surface area contributed by atoms with Gasteiger partial charge in [0.25, 0.3) is 0 Å². The summed E-state index contributed by atoms with van der Waals surface area (Å²) in [5.41, 5.74) is 3.92. The number of benzene rings is 2. The largest absolute Gasteiger partial charge is 0.493 e. The van der Waals surface area contributed by atoms with Crippen LogP contribution in [0.4, 0.5) is 5.82 Å². The zero-order valence-corrected chi connectivity index (χ0v) is 19.6. The highest BCUT2D eigenvalue weighted by Crippen LogP contribution is 2.32. The molecule has 0 amide bonds. The summed E-state index contributed by atoms with van der Waals surface area (Å²) >= 11 is 0. The Morgan fingerprint density at radius 1 is 1.12 bits per heavy atom. The third kappa shape index (κ3) is 4.78. The molecule has 0 atom stereocenters. The van der Waals surface area contributed by atoms with Crippen molar-refractivity contribution >= 4 is 16.9 Å². The van der Waals surface area contributed by atoms with Gasteiger partial charge in [0.2, 0.25) is 0 Å². The van der Waals surface area contributed by atoms with E-state index < -0.39 is 0 Å². The molecule has 1 aliphatic carbocycles. The number of anilines is 1. The molecule has 0 spiro atoms. The van der Waals surface area contributed by atoms with Gasteiger partial charge in [0.15, 0.2) is 11.5 Å². The lowest BCUT2D eigenvalue weighted by Gasteiger charge is -2.27. The number of morpholine rings is 1. The first kappa shape index (κ1) is 22.4. The second-order valence-electron chi connectivity index (χ2n) is 9.03. The lowest BCUT2D eigenvalue weighted by molar-refractivity contribution is 0.122. The second kappa shape index (κ2) is 10.3. The van der Waals surface area contributed by atoms with Crippen molar-refractivity contribution < 1.29 is 14.2 Å². The first-order valence-electron chi connectivity index (χ1n) is 12.1. The lowest BCUT2D eigenvalue weighted by atomic mass is 9.98. The third-order valence-electron chi connectivity index (χ3n) is 6.81. The first-order valence-corrected chi connectivity index (χ1v) is 12.1. The van der Waals surface area contributed by atoms with Crippen molar-refractivity contribution in [2.24, 2.45) is 5.92 Å². The van der Waals surface area contributed by atoms with E-state index in [9.17, 15) is 5.26 Å². The fraction of sp³-hybridized carbons (Fsp3) is 0.444. The number of nitrogens with zero attached hydrogens (tertiary/aromatic N) is 4. The summed E-state index contributed by atoms with van der Waals surface area (Å²) in [6.07, 6.45) is 7.47. The number of rotatable bonds is 7. The summed E-state index contributed by atoms with van der Waals surface area (Å²) in [4.78, 5) is 11.5. The molecule has 34 heavy (non-hydrogen) atoms. The van der Waals surface area contributed by atoms with Gasteiger partial charge in [-0.2, -0.15) is 5.26 Å². The van der Waals surface area contributed by atoms with Gasteiger partial charge in [-0.1, -0.05) is 25.0 Å². The topological polar surface area (TPSA) is 80.5 Å². The highest BCUT2D eigenvalue weighted by Gasteiger charge is 2.18. The van der Waals surface area contributed by atoms with Crippen LogP contribution in [-0.2, 0) is 11.2 Å². The summed E-state index contributed by atoms with van der Waals surface area (Å²) in [5, 5.41) is 10.0. The van der Waals surface area contributed by atoms with Gasteiger partial charge in [-0.25, -0.2) is 4.98 Å². The number of methoxy groups -OCH3 is 1. The van der Waals surface area contributed by atoms with Gasteiger partial charge in [-0.05, 0) is 54.5 Å². The van der Waals surface area contributed by atoms with E-state index in [2.05, 4.69) is 16.0 Å². The Hall–Kier alpha value is -3.37. The molecule has 2 aromatic carbocycles. The minimum Gasteiger partial charge on any atom is -0.493 e. The fourth-order valence-electron chi connectivity index (χ4n) is 4.87. The zero-order valence-electron chi connectivity index (χ0n) is 19.6. The van der Waals surface area contributed by atoms with Crippen LogP contribution in [0.25, 0.3) is 11.0 Å². The van der Waals surface area contributed by atoms with Crippen molar-refractivity contribution in [1.29, 1.82) is 5.26 Å². The minimum absolute atomic E-state index is 0.570. The fourth-order valence-corrected chi connectivity index (χ4v) is 4.87. The van der Waals surface area contributed by atoms with Crippen LogP contribution in [0.1, 0.15) is 42.4 Å². The number of aromatic nitrogens is 2. The Morgan fingerprint density at radius 3 is 2.71 bits per heavy atom. The number of nitriles is 1. The highest BCUT2D eigenvalue weighted by molar-refractivity contribution is 5.83. The molecule has 2 fully saturated rings. The van der Waals surface area contributed by atoms with Gasteiger partial charge in [0, 0.05) is 13.1 Å². The molecule has 7 nitrogen and oxygen atoms in total. The molecule has 2 heterocycles. The van der Waals surface area contributed by atoms with Gasteiger partial charge in [0.1, 0.15) is 17.4 Å². The predicted molar refractivity (Wildman–Crippen MR) is 131 cm³/mol. The van der Waals surface area contributed by atoms with Gasteiger partial charge in [-0.3, -0.25) is 4.98 Å².